The molecule has 15 heteroatoms. The molecule has 0 heterocycles. The summed E-state index contributed by atoms with van der Waals surface area (Å²) in [6.45, 7) is 14.3. The summed E-state index contributed by atoms with van der Waals surface area (Å²) in [4.78, 5) is 39.3. The molecule has 0 unspecified atom stereocenters. The highest BCUT2D eigenvalue weighted by Gasteiger charge is 2.24. The Morgan fingerprint density at radius 1 is 0.725 bits per heavy atom. The van der Waals surface area contributed by atoms with Crippen LogP contribution in [-0.4, -0.2) is 108 Å². The number of hydrogen-bond donors (Lipinski definition) is 3. The molecule has 3 N–H and O–H groups in total. The molecule has 40 heavy (non-hydrogen) atoms. The minimum atomic E-state index is -0.852. The third kappa shape index (κ3) is 25.4. The molecule has 0 saturated carbocycles. The van der Waals surface area contributed by atoms with Crippen molar-refractivity contribution in [1.29, 1.82) is 0 Å². The van der Waals surface area contributed by atoms with E-state index in [0.717, 1.165) is 0 Å². The van der Waals surface area contributed by atoms with E-state index < -0.39 is 29.4 Å². The summed E-state index contributed by atoms with van der Waals surface area (Å²) in [5, 5.41) is 11.3. The van der Waals surface area contributed by atoms with Gasteiger partial charge in [-0.1, -0.05) is 5.11 Å². The predicted octanol–water partition coefficient (Wildman–Crippen LogP) is 2.68. The first-order valence-corrected chi connectivity index (χ1v) is 13.4. The van der Waals surface area contributed by atoms with E-state index in [1.165, 1.54) is 0 Å². The number of carbonyl (C=O) groups excluding carboxylic acids is 3. The minimum absolute atomic E-state index is 0.240. The highest BCUT2D eigenvalue weighted by atomic mass is 16.6. The molecule has 0 rings (SSSR count). The van der Waals surface area contributed by atoms with Crippen LogP contribution in [0.1, 0.15) is 54.4 Å². The van der Waals surface area contributed by atoms with Gasteiger partial charge < -0.3 is 44.4 Å². The van der Waals surface area contributed by atoms with Gasteiger partial charge in [-0.15, -0.1) is 0 Å². The molecule has 0 bridgehead atoms. The largest absolute Gasteiger partial charge is 0.444 e. The van der Waals surface area contributed by atoms with Crippen LogP contribution in [0.25, 0.3) is 10.4 Å². The van der Waals surface area contributed by atoms with Crippen LogP contribution in [-0.2, 0) is 33.2 Å². The summed E-state index contributed by atoms with van der Waals surface area (Å²) in [5.41, 5.74) is 6.82. The first kappa shape index (κ1) is 37.2. The molecular weight excluding hydrogens is 528 g/mol. The Kier molecular flexibility index (Phi) is 20.4. The standard InChI is InChI=1S/C25H48N6O9/c1-24(2,3)39-22(33)28-9-7-8-20(30-23(34)40-25(4,5)6)21(32)27-10-12-35-14-16-37-18-19-38-17-15-36-13-11-29-31-26/h20H,7-19H2,1-6H3,(H,27,32)(H,28,33)(H,30,34)/t20-/m0/s1. The van der Waals surface area contributed by atoms with Gasteiger partial charge in [0.25, 0.3) is 0 Å². The van der Waals surface area contributed by atoms with Crippen LogP contribution in [0.3, 0.4) is 0 Å². The van der Waals surface area contributed by atoms with Gasteiger partial charge in [0.05, 0.1) is 52.9 Å². The van der Waals surface area contributed by atoms with Crippen molar-refractivity contribution >= 4 is 18.1 Å². The van der Waals surface area contributed by atoms with Gasteiger partial charge in [-0.3, -0.25) is 4.79 Å². The molecule has 0 aliphatic heterocycles. The molecule has 3 amide bonds. The Morgan fingerprint density at radius 3 is 1.75 bits per heavy atom. The lowest BCUT2D eigenvalue weighted by Gasteiger charge is -2.23. The lowest BCUT2D eigenvalue weighted by Crippen LogP contribution is -2.49. The number of rotatable bonds is 21. The van der Waals surface area contributed by atoms with Crippen molar-refractivity contribution < 1.29 is 42.8 Å². The summed E-state index contributed by atoms with van der Waals surface area (Å²) in [5.74, 6) is -0.387. The summed E-state index contributed by atoms with van der Waals surface area (Å²) in [6, 6.07) is -0.852. The fourth-order valence-corrected chi connectivity index (χ4v) is 2.81. The summed E-state index contributed by atoms with van der Waals surface area (Å²) in [6.07, 6.45) is -0.551. The molecule has 232 valence electrons. The topological polar surface area (TPSA) is 191 Å². The quantitative estimate of drug-likeness (QED) is 0.0797. The van der Waals surface area contributed by atoms with Crippen molar-refractivity contribution in [3.05, 3.63) is 10.4 Å². The predicted molar refractivity (Wildman–Crippen MR) is 147 cm³/mol. The first-order valence-electron chi connectivity index (χ1n) is 13.4. The Hall–Kier alpha value is -2.84. The van der Waals surface area contributed by atoms with E-state index in [2.05, 4.69) is 26.0 Å². The Morgan fingerprint density at radius 2 is 1.23 bits per heavy atom. The lowest BCUT2D eigenvalue weighted by atomic mass is 10.1. The van der Waals surface area contributed by atoms with Crippen molar-refractivity contribution in [2.45, 2.75) is 71.6 Å². The van der Waals surface area contributed by atoms with E-state index in [4.69, 9.17) is 34.0 Å². The number of ether oxygens (including phenoxy) is 6. The Balaban J connectivity index is 4.15. The molecular formula is C25H48N6O9. The van der Waals surface area contributed by atoms with Crippen LogP contribution >= 0.6 is 0 Å². The average Bonchev–Trinajstić information content (AvgIpc) is 2.83. The van der Waals surface area contributed by atoms with Crippen molar-refractivity contribution in [3.63, 3.8) is 0 Å². The SMILES string of the molecule is CC(C)(C)OC(=O)NCCC[C@H](NC(=O)OC(C)(C)C)C(=O)NCCOCCOCCOCCOCCN=[N+]=[N-]. The zero-order valence-electron chi connectivity index (χ0n) is 24.8. The number of carbonyl (C=O) groups is 3. The van der Waals surface area contributed by atoms with Gasteiger partial charge in [0.15, 0.2) is 0 Å². The lowest BCUT2D eigenvalue weighted by molar-refractivity contribution is -0.123. The van der Waals surface area contributed by atoms with E-state index >= 15 is 0 Å². The van der Waals surface area contributed by atoms with Gasteiger partial charge in [0.1, 0.15) is 17.2 Å². The molecule has 0 fully saturated rings. The van der Waals surface area contributed by atoms with E-state index in [0.29, 0.717) is 59.2 Å². The minimum Gasteiger partial charge on any atom is -0.444 e. The zero-order valence-corrected chi connectivity index (χ0v) is 24.8. The van der Waals surface area contributed by atoms with Crippen LogP contribution in [0, 0.1) is 0 Å². The number of azide groups is 1. The smallest absolute Gasteiger partial charge is 0.408 e. The fraction of sp³-hybridized carbons (Fsp3) is 0.880. The fourth-order valence-electron chi connectivity index (χ4n) is 2.81. The highest BCUT2D eigenvalue weighted by Crippen LogP contribution is 2.08. The van der Waals surface area contributed by atoms with Gasteiger partial charge in [0.2, 0.25) is 5.91 Å². The molecule has 0 radical (unpaired) electrons. The number of hydrogen-bond acceptors (Lipinski definition) is 10. The second-order valence-corrected chi connectivity index (χ2v) is 10.5. The van der Waals surface area contributed by atoms with Gasteiger partial charge in [0, 0.05) is 24.5 Å². The maximum atomic E-state index is 12.7. The maximum Gasteiger partial charge on any atom is 0.408 e. The molecule has 15 nitrogen and oxygen atoms in total. The van der Waals surface area contributed by atoms with E-state index in [1.807, 2.05) is 0 Å². The molecule has 0 aromatic heterocycles. The second-order valence-electron chi connectivity index (χ2n) is 10.5. The van der Waals surface area contributed by atoms with Crippen LogP contribution in [0.15, 0.2) is 5.11 Å². The van der Waals surface area contributed by atoms with Crippen molar-refractivity contribution in [1.82, 2.24) is 16.0 Å². The van der Waals surface area contributed by atoms with Crippen LogP contribution in [0.5, 0.6) is 0 Å². The van der Waals surface area contributed by atoms with E-state index in [1.54, 1.807) is 41.5 Å². The molecule has 0 aliphatic rings. The Labute approximate surface area is 236 Å². The van der Waals surface area contributed by atoms with Crippen LogP contribution in [0.2, 0.25) is 0 Å². The summed E-state index contributed by atoms with van der Waals surface area (Å²) >= 11 is 0. The Bertz CT molecular complexity index is 765. The normalized spacial score (nSPS) is 12.2. The number of alkyl carbamates (subject to hydrolysis) is 2. The van der Waals surface area contributed by atoms with Crippen LogP contribution in [0.4, 0.5) is 9.59 Å². The third-order valence-electron chi connectivity index (χ3n) is 4.41. The monoisotopic (exact) mass is 576 g/mol. The zero-order chi connectivity index (χ0) is 30.3. The third-order valence-corrected chi connectivity index (χ3v) is 4.41. The summed E-state index contributed by atoms with van der Waals surface area (Å²) in [7, 11) is 0. The number of nitrogens with one attached hydrogen (secondary N) is 3. The van der Waals surface area contributed by atoms with Crippen molar-refractivity contribution in [2.75, 3.05) is 72.5 Å². The van der Waals surface area contributed by atoms with Gasteiger partial charge >= 0.3 is 12.2 Å². The van der Waals surface area contributed by atoms with Gasteiger partial charge in [-0.2, -0.15) is 0 Å². The molecule has 0 aromatic carbocycles. The molecule has 1 atom stereocenters. The van der Waals surface area contributed by atoms with E-state index in [9.17, 15) is 14.4 Å². The second kappa shape index (κ2) is 21.9. The van der Waals surface area contributed by atoms with Gasteiger partial charge in [-0.05, 0) is 59.9 Å². The highest BCUT2D eigenvalue weighted by molar-refractivity contribution is 5.85. The van der Waals surface area contributed by atoms with Crippen molar-refractivity contribution in [3.8, 4) is 0 Å². The molecule has 0 spiro atoms. The van der Waals surface area contributed by atoms with Crippen LogP contribution < -0.4 is 16.0 Å². The first-order chi connectivity index (χ1) is 18.8. The molecule has 0 aromatic rings. The molecule has 0 aliphatic carbocycles. The average molecular weight is 577 g/mol. The van der Waals surface area contributed by atoms with Gasteiger partial charge in [-0.25, -0.2) is 9.59 Å². The van der Waals surface area contributed by atoms with E-state index in [-0.39, 0.29) is 32.0 Å². The number of amides is 3. The summed E-state index contributed by atoms with van der Waals surface area (Å²) < 4.78 is 31.9. The number of nitrogens with zero attached hydrogens (tertiary/aromatic N) is 3. The molecule has 0 saturated heterocycles. The van der Waals surface area contributed by atoms with Crippen molar-refractivity contribution in [2.24, 2.45) is 5.11 Å². The maximum absolute atomic E-state index is 12.7.